The van der Waals surface area contributed by atoms with Crippen LogP contribution in [0, 0.1) is 11.6 Å². The molecular weight excluding hydrogens is 318 g/mol. The molecule has 0 saturated carbocycles. The maximum absolute atomic E-state index is 13.9. The second-order valence-electron chi connectivity index (χ2n) is 4.83. The van der Waals surface area contributed by atoms with Gasteiger partial charge in [-0.25, -0.2) is 8.78 Å². The van der Waals surface area contributed by atoms with Crippen LogP contribution in [0.1, 0.15) is 13.8 Å². The molecule has 2 aromatic carbocycles. The van der Waals surface area contributed by atoms with Gasteiger partial charge in [-0.3, -0.25) is 0 Å². The number of rotatable bonds is 7. The Balaban J connectivity index is 2.37. The molecule has 0 aliphatic heterocycles. The summed E-state index contributed by atoms with van der Waals surface area (Å²) in [7, 11) is -1.39. The van der Waals surface area contributed by atoms with E-state index in [0.717, 1.165) is 11.3 Å². The van der Waals surface area contributed by atoms with Crippen LogP contribution in [0.4, 0.5) is 8.78 Å². The highest BCUT2D eigenvalue weighted by Crippen LogP contribution is 2.23. The quantitative estimate of drug-likeness (QED) is 0.723. The summed E-state index contributed by atoms with van der Waals surface area (Å²) in [5.74, 6) is -1.19. The first-order valence-corrected chi connectivity index (χ1v) is 9.17. The minimum absolute atomic E-state index is 0.343. The molecule has 0 radical (unpaired) electrons. The van der Waals surface area contributed by atoms with Crippen LogP contribution in [0.5, 0.6) is 0 Å². The van der Waals surface area contributed by atoms with Crippen LogP contribution < -0.4 is 5.19 Å². The number of hydrogen-bond acceptors (Lipinski definition) is 3. The molecule has 0 unspecified atom stereocenters. The first kappa shape index (κ1) is 17.7. The minimum atomic E-state index is -2.95. The Hall–Kier alpha value is -1.60. The highest BCUT2D eigenvalue weighted by atomic mass is 28.4. The molecule has 0 N–H and O–H groups in total. The van der Waals surface area contributed by atoms with Crippen LogP contribution in [0.2, 0.25) is 0 Å². The van der Waals surface area contributed by atoms with Gasteiger partial charge < -0.3 is 13.3 Å². The highest BCUT2D eigenvalue weighted by molar-refractivity contribution is 6.75. The van der Waals surface area contributed by atoms with Gasteiger partial charge >= 0.3 is 8.80 Å². The van der Waals surface area contributed by atoms with E-state index in [-0.39, 0.29) is 0 Å². The zero-order valence-electron chi connectivity index (χ0n) is 13.4. The van der Waals surface area contributed by atoms with Crippen LogP contribution in [-0.2, 0) is 13.3 Å². The molecule has 0 bridgehead atoms. The first-order chi connectivity index (χ1) is 11.1. The molecule has 0 fully saturated rings. The van der Waals surface area contributed by atoms with Crippen molar-refractivity contribution in [3.8, 4) is 11.1 Å². The zero-order valence-corrected chi connectivity index (χ0v) is 14.4. The van der Waals surface area contributed by atoms with Crippen molar-refractivity contribution in [1.29, 1.82) is 0 Å². The van der Waals surface area contributed by atoms with Gasteiger partial charge in [0.05, 0.1) is 0 Å². The first-order valence-electron chi connectivity index (χ1n) is 7.45. The van der Waals surface area contributed by atoms with Crippen molar-refractivity contribution in [3.05, 3.63) is 54.1 Å². The van der Waals surface area contributed by atoms with E-state index in [4.69, 9.17) is 13.3 Å². The van der Waals surface area contributed by atoms with Crippen LogP contribution in [0.15, 0.2) is 42.5 Å². The molecule has 3 nitrogen and oxygen atoms in total. The molecule has 0 aromatic heterocycles. The molecule has 2 aromatic rings. The molecular formula is C17H20F2O3Si. The normalized spacial score (nSPS) is 11.7. The maximum atomic E-state index is 13.9. The molecule has 0 spiro atoms. The van der Waals surface area contributed by atoms with E-state index in [9.17, 15) is 8.78 Å². The lowest BCUT2D eigenvalue weighted by molar-refractivity contribution is 0.102. The largest absolute Gasteiger partial charge is 0.536 e. The van der Waals surface area contributed by atoms with Crippen molar-refractivity contribution in [2.45, 2.75) is 13.8 Å². The van der Waals surface area contributed by atoms with Gasteiger partial charge in [-0.05, 0) is 31.5 Å². The summed E-state index contributed by atoms with van der Waals surface area (Å²) in [5, 5.41) is 0.801. The fourth-order valence-corrected chi connectivity index (χ4v) is 4.62. The minimum Gasteiger partial charge on any atom is -0.373 e. The molecule has 0 heterocycles. The van der Waals surface area contributed by atoms with Gasteiger partial charge in [-0.1, -0.05) is 24.3 Å². The lowest BCUT2D eigenvalue weighted by atomic mass is 10.1. The molecule has 0 saturated heterocycles. The van der Waals surface area contributed by atoms with Crippen molar-refractivity contribution in [3.63, 3.8) is 0 Å². The Morgan fingerprint density at radius 1 is 0.913 bits per heavy atom. The Kier molecular flexibility index (Phi) is 6.01. The van der Waals surface area contributed by atoms with Crippen LogP contribution in [0.25, 0.3) is 11.1 Å². The second kappa shape index (κ2) is 7.78. The smallest absolute Gasteiger partial charge is 0.373 e. The third-order valence-electron chi connectivity index (χ3n) is 3.42. The molecule has 23 heavy (non-hydrogen) atoms. The third kappa shape index (κ3) is 3.84. The fraction of sp³-hybridized carbons (Fsp3) is 0.294. The van der Waals surface area contributed by atoms with Crippen molar-refractivity contribution < 1.29 is 22.1 Å². The summed E-state index contributed by atoms with van der Waals surface area (Å²) >= 11 is 0. The van der Waals surface area contributed by atoms with E-state index in [0.29, 0.717) is 24.3 Å². The average Bonchev–Trinajstić information content (AvgIpc) is 2.55. The van der Waals surface area contributed by atoms with Gasteiger partial charge in [-0.2, -0.15) is 0 Å². The van der Waals surface area contributed by atoms with E-state index in [1.54, 1.807) is 31.4 Å². The summed E-state index contributed by atoms with van der Waals surface area (Å²) < 4.78 is 44.0. The number of hydrogen-bond donors (Lipinski definition) is 0. The predicted octanol–water partition coefficient (Wildman–Crippen LogP) is 3.50. The zero-order chi connectivity index (χ0) is 16.9. The molecule has 0 amide bonds. The van der Waals surface area contributed by atoms with Crippen molar-refractivity contribution in [2.24, 2.45) is 0 Å². The molecule has 124 valence electrons. The average molecular weight is 338 g/mol. The molecule has 0 aliphatic rings. The van der Waals surface area contributed by atoms with Crippen molar-refractivity contribution in [2.75, 3.05) is 20.3 Å². The van der Waals surface area contributed by atoms with Crippen LogP contribution in [0.3, 0.4) is 0 Å². The summed E-state index contributed by atoms with van der Waals surface area (Å²) in [5.41, 5.74) is 0.994. The topological polar surface area (TPSA) is 27.7 Å². The van der Waals surface area contributed by atoms with Gasteiger partial charge in [-0.15, -0.1) is 0 Å². The van der Waals surface area contributed by atoms with Gasteiger partial charge in [0.25, 0.3) is 0 Å². The van der Waals surface area contributed by atoms with E-state index in [1.165, 1.54) is 12.1 Å². The van der Waals surface area contributed by atoms with E-state index in [2.05, 4.69) is 0 Å². The maximum Gasteiger partial charge on any atom is 0.536 e. The van der Waals surface area contributed by atoms with Crippen LogP contribution >= 0.6 is 0 Å². The highest BCUT2D eigenvalue weighted by Gasteiger charge is 2.42. The van der Waals surface area contributed by atoms with E-state index in [1.807, 2.05) is 13.8 Å². The van der Waals surface area contributed by atoms with Crippen molar-refractivity contribution in [1.82, 2.24) is 0 Å². The predicted molar refractivity (Wildman–Crippen MR) is 87.4 cm³/mol. The standard InChI is InChI=1S/C17H20F2O3Si/c1-4-21-23(20-3,22-5-2)15-9-6-13(7-10-15)16-11-8-14(18)12-17(16)19/h6-12H,4-5H2,1-3H3. The summed E-state index contributed by atoms with van der Waals surface area (Å²) in [6.45, 7) is 4.69. The summed E-state index contributed by atoms with van der Waals surface area (Å²) in [6.07, 6.45) is 0. The third-order valence-corrected chi connectivity index (χ3v) is 6.33. The number of halogens is 2. The van der Waals surface area contributed by atoms with Crippen molar-refractivity contribution >= 4 is 14.0 Å². The number of benzene rings is 2. The Labute approximate surface area is 136 Å². The SMILES string of the molecule is CCO[Si](OC)(OCC)c1ccc(-c2ccc(F)cc2F)cc1. The second-order valence-corrected chi connectivity index (χ2v) is 7.50. The van der Waals surface area contributed by atoms with E-state index >= 15 is 0 Å². The lowest BCUT2D eigenvalue weighted by Gasteiger charge is -2.27. The van der Waals surface area contributed by atoms with Gasteiger partial charge in [0.15, 0.2) is 0 Å². The molecule has 2 rings (SSSR count). The molecule has 0 atom stereocenters. The Morgan fingerprint density at radius 2 is 1.52 bits per heavy atom. The van der Waals surface area contributed by atoms with Gasteiger partial charge in [0, 0.05) is 37.1 Å². The Bertz CT molecular complexity index is 641. The van der Waals surface area contributed by atoms with Gasteiger partial charge in [0.1, 0.15) is 11.6 Å². The monoisotopic (exact) mass is 338 g/mol. The Morgan fingerprint density at radius 3 is 2.00 bits per heavy atom. The fourth-order valence-electron chi connectivity index (χ4n) is 2.40. The molecule has 0 aliphatic carbocycles. The summed E-state index contributed by atoms with van der Waals surface area (Å²) in [4.78, 5) is 0. The molecule has 6 heteroatoms. The van der Waals surface area contributed by atoms with E-state index < -0.39 is 20.4 Å². The lowest BCUT2D eigenvalue weighted by Crippen LogP contribution is -2.56. The summed E-state index contributed by atoms with van der Waals surface area (Å²) in [6, 6.07) is 10.7. The van der Waals surface area contributed by atoms with Crippen LogP contribution in [-0.4, -0.2) is 29.1 Å². The van der Waals surface area contributed by atoms with Gasteiger partial charge in [0.2, 0.25) is 0 Å².